The van der Waals surface area contributed by atoms with Crippen molar-refractivity contribution in [1.82, 2.24) is 10.3 Å². The number of hydrogen-bond acceptors (Lipinski definition) is 4. The molecule has 0 spiro atoms. The van der Waals surface area contributed by atoms with Crippen molar-refractivity contribution >= 4 is 16.5 Å². The number of rotatable bonds is 6. The summed E-state index contributed by atoms with van der Waals surface area (Å²) in [6.07, 6.45) is 6.85. The Morgan fingerprint density at radius 1 is 1.37 bits per heavy atom. The lowest BCUT2D eigenvalue weighted by molar-refractivity contribution is 0.417. The molecule has 1 unspecified atom stereocenters. The van der Waals surface area contributed by atoms with E-state index in [1.54, 1.807) is 11.3 Å². The van der Waals surface area contributed by atoms with Crippen molar-refractivity contribution in [3.63, 3.8) is 0 Å². The van der Waals surface area contributed by atoms with Crippen LogP contribution in [0.4, 0.5) is 5.13 Å². The van der Waals surface area contributed by atoms with Gasteiger partial charge < -0.3 is 10.2 Å². The molecule has 3 nitrogen and oxygen atoms in total. The van der Waals surface area contributed by atoms with E-state index in [-0.39, 0.29) is 0 Å². The smallest absolute Gasteiger partial charge is 0.185 e. The first-order chi connectivity index (χ1) is 9.26. The molecule has 1 aliphatic rings. The lowest BCUT2D eigenvalue weighted by Crippen LogP contribution is -2.36. The van der Waals surface area contributed by atoms with Gasteiger partial charge in [-0.15, -0.1) is 11.3 Å². The monoisotopic (exact) mass is 281 g/mol. The molecule has 0 saturated heterocycles. The maximum atomic E-state index is 4.86. The van der Waals surface area contributed by atoms with Gasteiger partial charge in [-0.2, -0.15) is 0 Å². The quantitative estimate of drug-likeness (QED) is 0.855. The number of nitrogens with zero attached hydrogens (tertiary/aromatic N) is 2. The molecule has 0 aromatic carbocycles. The molecule has 1 aliphatic carbocycles. The van der Waals surface area contributed by atoms with Gasteiger partial charge in [0.25, 0.3) is 0 Å². The molecule has 1 fully saturated rings. The number of aromatic nitrogens is 1. The van der Waals surface area contributed by atoms with Crippen LogP contribution in [0.2, 0.25) is 0 Å². The van der Waals surface area contributed by atoms with Crippen molar-refractivity contribution in [3.8, 4) is 0 Å². The summed E-state index contributed by atoms with van der Waals surface area (Å²) in [4.78, 5) is 7.38. The molecule has 108 valence electrons. The molecule has 0 aliphatic heterocycles. The Hall–Kier alpha value is -0.610. The van der Waals surface area contributed by atoms with Gasteiger partial charge in [-0.3, -0.25) is 0 Å². The summed E-state index contributed by atoms with van der Waals surface area (Å²) in [5.74, 6) is 0. The van der Waals surface area contributed by atoms with E-state index in [0.717, 1.165) is 13.1 Å². The van der Waals surface area contributed by atoms with E-state index in [1.807, 2.05) is 0 Å². The van der Waals surface area contributed by atoms with Crippen molar-refractivity contribution in [2.75, 3.05) is 18.0 Å². The van der Waals surface area contributed by atoms with Gasteiger partial charge in [0.05, 0.1) is 5.69 Å². The SMILES string of the molecule is CCNC(C)c1csc(N(CC)C2CCCCC2)n1. The van der Waals surface area contributed by atoms with E-state index < -0.39 is 0 Å². The lowest BCUT2D eigenvalue weighted by Gasteiger charge is -2.33. The van der Waals surface area contributed by atoms with Gasteiger partial charge in [-0.05, 0) is 33.2 Å². The fourth-order valence-electron chi connectivity index (χ4n) is 2.96. The molecule has 1 aromatic rings. The van der Waals surface area contributed by atoms with Crippen LogP contribution in [0, 0.1) is 0 Å². The van der Waals surface area contributed by atoms with Crippen LogP contribution in [0.5, 0.6) is 0 Å². The fraction of sp³-hybridized carbons (Fsp3) is 0.800. The molecule has 0 amide bonds. The highest BCUT2D eigenvalue weighted by atomic mass is 32.1. The van der Waals surface area contributed by atoms with E-state index >= 15 is 0 Å². The predicted octanol–water partition coefficient (Wildman–Crippen LogP) is 3.97. The van der Waals surface area contributed by atoms with Gasteiger partial charge in [0.15, 0.2) is 5.13 Å². The number of nitrogens with one attached hydrogen (secondary N) is 1. The van der Waals surface area contributed by atoms with Crippen LogP contribution in [0.3, 0.4) is 0 Å². The first-order valence-corrected chi connectivity index (χ1v) is 8.59. The average molecular weight is 281 g/mol. The van der Waals surface area contributed by atoms with Crippen molar-refractivity contribution < 1.29 is 0 Å². The van der Waals surface area contributed by atoms with Crippen molar-refractivity contribution in [2.45, 2.75) is 65.0 Å². The fourth-order valence-corrected chi connectivity index (χ4v) is 4.01. The molecule has 1 atom stereocenters. The Morgan fingerprint density at radius 3 is 2.74 bits per heavy atom. The van der Waals surface area contributed by atoms with Crippen LogP contribution in [0.1, 0.15) is 64.6 Å². The molecule has 1 heterocycles. The molecule has 0 radical (unpaired) electrons. The Morgan fingerprint density at radius 2 is 2.11 bits per heavy atom. The van der Waals surface area contributed by atoms with E-state index in [9.17, 15) is 0 Å². The standard InChI is InChI=1S/C15H27N3S/c1-4-16-12(3)14-11-19-15(17-14)18(5-2)13-9-7-6-8-10-13/h11-13,16H,4-10H2,1-3H3. The summed E-state index contributed by atoms with van der Waals surface area (Å²) in [6, 6.07) is 1.08. The Labute approximate surface area is 121 Å². The highest BCUT2D eigenvalue weighted by Gasteiger charge is 2.22. The maximum Gasteiger partial charge on any atom is 0.185 e. The minimum atomic E-state index is 0.361. The van der Waals surface area contributed by atoms with Crippen molar-refractivity contribution in [3.05, 3.63) is 11.1 Å². The largest absolute Gasteiger partial charge is 0.345 e. The van der Waals surface area contributed by atoms with Gasteiger partial charge in [0, 0.05) is 24.0 Å². The van der Waals surface area contributed by atoms with Crippen LogP contribution >= 0.6 is 11.3 Å². The van der Waals surface area contributed by atoms with Gasteiger partial charge in [-0.25, -0.2) is 4.98 Å². The second-order valence-electron chi connectivity index (χ2n) is 5.41. The molecule has 4 heteroatoms. The second-order valence-corrected chi connectivity index (χ2v) is 6.25. The van der Waals surface area contributed by atoms with Crippen LogP contribution in [-0.4, -0.2) is 24.1 Å². The normalized spacial score (nSPS) is 18.5. The van der Waals surface area contributed by atoms with Crippen LogP contribution in [-0.2, 0) is 0 Å². The van der Waals surface area contributed by atoms with E-state index in [4.69, 9.17) is 4.98 Å². The van der Waals surface area contributed by atoms with Gasteiger partial charge >= 0.3 is 0 Å². The van der Waals surface area contributed by atoms with Gasteiger partial charge in [0.1, 0.15) is 0 Å². The van der Waals surface area contributed by atoms with Gasteiger partial charge in [-0.1, -0.05) is 26.2 Å². The summed E-state index contributed by atoms with van der Waals surface area (Å²) in [5.41, 5.74) is 1.19. The Kier molecular flexibility index (Phi) is 5.64. The summed E-state index contributed by atoms with van der Waals surface area (Å²) in [7, 11) is 0. The van der Waals surface area contributed by atoms with Crippen molar-refractivity contribution in [2.24, 2.45) is 0 Å². The molecular weight excluding hydrogens is 254 g/mol. The molecule has 2 rings (SSSR count). The highest BCUT2D eigenvalue weighted by molar-refractivity contribution is 7.13. The van der Waals surface area contributed by atoms with Gasteiger partial charge in [0.2, 0.25) is 0 Å². The summed E-state index contributed by atoms with van der Waals surface area (Å²) in [6.45, 7) is 8.66. The molecule has 1 N–H and O–H groups in total. The maximum absolute atomic E-state index is 4.86. The third-order valence-corrected chi connectivity index (χ3v) is 4.96. The first kappa shape index (κ1) is 14.8. The molecule has 19 heavy (non-hydrogen) atoms. The Bertz CT molecular complexity index is 371. The minimum Gasteiger partial charge on any atom is -0.345 e. The zero-order valence-corrected chi connectivity index (χ0v) is 13.3. The highest BCUT2D eigenvalue weighted by Crippen LogP contribution is 2.30. The second kappa shape index (κ2) is 7.25. The van der Waals surface area contributed by atoms with Crippen molar-refractivity contribution in [1.29, 1.82) is 0 Å². The molecule has 1 aromatic heterocycles. The number of anilines is 1. The number of thiazole rings is 1. The summed E-state index contributed by atoms with van der Waals surface area (Å²) in [5, 5.41) is 6.87. The molecule has 0 bridgehead atoms. The average Bonchev–Trinajstić information content (AvgIpc) is 2.91. The zero-order valence-electron chi connectivity index (χ0n) is 12.5. The lowest BCUT2D eigenvalue weighted by atomic mass is 9.94. The van der Waals surface area contributed by atoms with Crippen LogP contribution in [0.15, 0.2) is 5.38 Å². The molecular formula is C15H27N3S. The number of hydrogen-bond donors (Lipinski definition) is 1. The molecule has 1 saturated carbocycles. The minimum absolute atomic E-state index is 0.361. The third-order valence-electron chi connectivity index (χ3n) is 4.07. The zero-order chi connectivity index (χ0) is 13.7. The van der Waals surface area contributed by atoms with E-state index in [0.29, 0.717) is 12.1 Å². The topological polar surface area (TPSA) is 28.2 Å². The summed E-state index contributed by atoms with van der Waals surface area (Å²) < 4.78 is 0. The van der Waals surface area contributed by atoms with E-state index in [1.165, 1.54) is 42.9 Å². The van der Waals surface area contributed by atoms with Crippen LogP contribution < -0.4 is 10.2 Å². The van der Waals surface area contributed by atoms with Crippen LogP contribution in [0.25, 0.3) is 0 Å². The Balaban J connectivity index is 2.06. The third kappa shape index (κ3) is 3.69. The predicted molar refractivity (Wildman–Crippen MR) is 84.1 cm³/mol. The first-order valence-electron chi connectivity index (χ1n) is 7.71. The summed E-state index contributed by atoms with van der Waals surface area (Å²) >= 11 is 1.80. The van der Waals surface area contributed by atoms with E-state index in [2.05, 4.69) is 36.4 Å².